The number of rotatable bonds is 6. The molecule has 0 atom stereocenters. The number of nitrogens with one attached hydrogen (secondary N) is 3. The van der Waals surface area contributed by atoms with E-state index in [0.29, 0.717) is 23.0 Å². The molecule has 30 heavy (non-hydrogen) atoms. The fourth-order valence-electron chi connectivity index (χ4n) is 3.64. The lowest BCUT2D eigenvalue weighted by molar-refractivity contribution is 0.661. The number of nitrogens with zero attached hydrogens (tertiary/aromatic N) is 3. The third-order valence-corrected chi connectivity index (χ3v) is 5.29. The molecule has 0 aliphatic carbocycles. The summed E-state index contributed by atoms with van der Waals surface area (Å²) in [6, 6.07) is 13.2. The number of hydrogen-bond acceptors (Lipinski definition) is 4. The van der Waals surface area contributed by atoms with Crippen LogP contribution in [0.3, 0.4) is 0 Å². The number of fused-ring (bicyclic) bond motifs is 2. The molecule has 8 heteroatoms. The van der Waals surface area contributed by atoms with Crippen molar-refractivity contribution in [2.75, 3.05) is 11.9 Å². The first-order chi connectivity index (χ1) is 14.7. The molecule has 3 N–H and O–H groups in total. The van der Waals surface area contributed by atoms with Crippen molar-refractivity contribution >= 4 is 39.2 Å². The fourth-order valence-corrected chi connectivity index (χ4v) is 3.81. The molecular formula is C22H19ClN6O. The Morgan fingerprint density at radius 3 is 2.83 bits per heavy atom. The van der Waals surface area contributed by atoms with Crippen LogP contribution in [0.25, 0.3) is 33.3 Å². The molecule has 0 radical (unpaired) electrons. The van der Waals surface area contributed by atoms with E-state index >= 15 is 0 Å². The first kappa shape index (κ1) is 18.4. The molecule has 0 aliphatic rings. The molecule has 0 unspecified atom stereocenters. The van der Waals surface area contributed by atoms with Gasteiger partial charge in [0.2, 0.25) is 0 Å². The number of aromatic nitrogens is 5. The molecule has 3 heterocycles. The van der Waals surface area contributed by atoms with Crippen LogP contribution in [0.4, 0.5) is 5.69 Å². The zero-order valence-electron chi connectivity index (χ0n) is 16.0. The van der Waals surface area contributed by atoms with Gasteiger partial charge in [-0.25, -0.2) is 9.97 Å². The molecule has 0 spiro atoms. The molecule has 2 aromatic carbocycles. The zero-order valence-corrected chi connectivity index (χ0v) is 16.8. The van der Waals surface area contributed by atoms with Gasteiger partial charge in [-0.1, -0.05) is 23.7 Å². The van der Waals surface area contributed by atoms with Gasteiger partial charge in [0.15, 0.2) is 0 Å². The van der Waals surface area contributed by atoms with Crippen molar-refractivity contribution < 1.29 is 0 Å². The summed E-state index contributed by atoms with van der Waals surface area (Å²) in [5.74, 6) is 0.524. The number of halogens is 1. The van der Waals surface area contributed by atoms with Gasteiger partial charge in [0.25, 0.3) is 5.56 Å². The fraction of sp³-hybridized carbons (Fsp3) is 0.136. The van der Waals surface area contributed by atoms with E-state index in [4.69, 9.17) is 11.6 Å². The Morgan fingerprint density at radius 1 is 1.10 bits per heavy atom. The van der Waals surface area contributed by atoms with Crippen molar-refractivity contribution in [1.82, 2.24) is 24.5 Å². The number of para-hydroxylation sites is 2. The second-order valence-electron chi connectivity index (χ2n) is 7.08. The Balaban J connectivity index is 1.58. The SMILES string of the molecule is O=c1[nH]c2ccc(Cl)cc2c(NCCCn2ccnc2)c1-c1nc2ccccc2[nH]1. The normalized spacial score (nSPS) is 11.4. The number of anilines is 1. The van der Waals surface area contributed by atoms with Gasteiger partial charge >= 0.3 is 0 Å². The minimum absolute atomic E-state index is 0.207. The van der Waals surface area contributed by atoms with Crippen LogP contribution in [-0.2, 0) is 6.54 Å². The third-order valence-electron chi connectivity index (χ3n) is 5.06. The monoisotopic (exact) mass is 418 g/mol. The summed E-state index contributed by atoms with van der Waals surface area (Å²) >= 11 is 6.27. The van der Waals surface area contributed by atoms with Crippen LogP contribution in [0.5, 0.6) is 0 Å². The summed E-state index contributed by atoms with van der Waals surface area (Å²) in [6.45, 7) is 1.51. The standard InChI is InChI=1S/C22H19ClN6O/c23-14-6-7-16-15(12-14)20(25-8-3-10-29-11-9-24-13-29)19(22(30)28-16)21-26-17-4-1-2-5-18(17)27-21/h1-2,4-7,9,11-13H,3,8,10H2,(H,26,27)(H2,25,28,30). The predicted octanol–water partition coefficient (Wildman–Crippen LogP) is 4.42. The van der Waals surface area contributed by atoms with Crippen molar-refractivity contribution in [3.8, 4) is 11.4 Å². The number of H-pyrrole nitrogens is 2. The average Bonchev–Trinajstić information content (AvgIpc) is 3.40. The quantitative estimate of drug-likeness (QED) is 0.356. The molecule has 0 bridgehead atoms. The first-order valence-corrected chi connectivity index (χ1v) is 10.1. The lowest BCUT2D eigenvalue weighted by Crippen LogP contribution is -2.15. The van der Waals surface area contributed by atoms with E-state index in [0.717, 1.165) is 40.6 Å². The number of aryl methyl sites for hydroxylation is 1. The molecule has 150 valence electrons. The number of pyridine rings is 1. The molecule has 7 nitrogen and oxygen atoms in total. The summed E-state index contributed by atoms with van der Waals surface area (Å²) < 4.78 is 2.02. The van der Waals surface area contributed by atoms with E-state index in [1.807, 2.05) is 47.2 Å². The molecule has 5 rings (SSSR count). The van der Waals surface area contributed by atoms with Crippen molar-refractivity contribution in [1.29, 1.82) is 0 Å². The highest BCUT2D eigenvalue weighted by Gasteiger charge is 2.18. The van der Waals surface area contributed by atoms with E-state index in [1.54, 1.807) is 18.6 Å². The molecule has 0 aliphatic heterocycles. The van der Waals surface area contributed by atoms with E-state index in [1.165, 1.54) is 0 Å². The second-order valence-corrected chi connectivity index (χ2v) is 7.51. The molecule has 0 saturated carbocycles. The summed E-state index contributed by atoms with van der Waals surface area (Å²) in [6.07, 6.45) is 6.36. The molecule has 0 fully saturated rings. The van der Waals surface area contributed by atoms with Gasteiger partial charge in [-0.2, -0.15) is 0 Å². The van der Waals surface area contributed by atoms with Crippen molar-refractivity contribution in [3.05, 3.63) is 76.6 Å². The van der Waals surface area contributed by atoms with Crippen molar-refractivity contribution in [3.63, 3.8) is 0 Å². The Kier molecular flexibility index (Phi) is 4.72. The maximum atomic E-state index is 13.0. The Hall–Kier alpha value is -3.58. The van der Waals surface area contributed by atoms with Crippen LogP contribution in [0.1, 0.15) is 6.42 Å². The van der Waals surface area contributed by atoms with Gasteiger partial charge in [0.1, 0.15) is 11.4 Å². The van der Waals surface area contributed by atoms with Crippen LogP contribution < -0.4 is 10.9 Å². The molecule has 3 aromatic heterocycles. The lowest BCUT2D eigenvalue weighted by Gasteiger charge is -2.14. The van der Waals surface area contributed by atoms with Crippen molar-refractivity contribution in [2.45, 2.75) is 13.0 Å². The number of benzene rings is 2. The molecule has 0 saturated heterocycles. The lowest BCUT2D eigenvalue weighted by atomic mass is 10.1. The van der Waals surface area contributed by atoms with Gasteiger partial charge in [-0.15, -0.1) is 0 Å². The smallest absolute Gasteiger partial charge is 0.261 e. The van der Waals surface area contributed by atoms with Crippen LogP contribution in [0.15, 0.2) is 66.0 Å². The summed E-state index contributed by atoms with van der Waals surface area (Å²) in [5.41, 5.74) is 3.40. The number of hydrogen-bond donors (Lipinski definition) is 3. The Morgan fingerprint density at radius 2 is 2.00 bits per heavy atom. The van der Waals surface area contributed by atoms with Crippen LogP contribution >= 0.6 is 11.6 Å². The highest BCUT2D eigenvalue weighted by molar-refractivity contribution is 6.31. The topological polar surface area (TPSA) is 91.4 Å². The Labute approximate surface area is 176 Å². The number of imidazole rings is 2. The maximum absolute atomic E-state index is 13.0. The highest BCUT2D eigenvalue weighted by atomic mass is 35.5. The first-order valence-electron chi connectivity index (χ1n) is 9.69. The number of aromatic amines is 2. The van der Waals surface area contributed by atoms with Gasteiger partial charge < -0.3 is 19.9 Å². The van der Waals surface area contributed by atoms with E-state index < -0.39 is 0 Å². The van der Waals surface area contributed by atoms with E-state index in [-0.39, 0.29) is 5.56 Å². The van der Waals surface area contributed by atoms with E-state index in [2.05, 4.69) is 25.3 Å². The van der Waals surface area contributed by atoms with Gasteiger partial charge in [0.05, 0.1) is 28.6 Å². The summed E-state index contributed by atoms with van der Waals surface area (Å²) in [5, 5.41) is 4.91. The van der Waals surface area contributed by atoms with Crippen LogP contribution in [-0.4, -0.2) is 31.0 Å². The third kappa shape index (κ3) is 3.44. The minimum Gasteiger partial charge on any atom is -0.384 e. The van der Waals surface area contributed by atoms with Crippen LogP contribution in [0.2, 0.25) is 5.02 Å². The summed E-state index contributed by atoms with van der Waals surface area (Å²) in [4.78, 5) is 28.0. The largest absolute Gasteiger partial charge is 0.384 e. The van der Waals surface area contributed by atoms with Crippen molar-refractivity contribution in [2.24, 2.45) is 0 Å². The van der Waals surface area contributed by atoms with E-state index in [9.17, 15) is 4.79 Å². The average molecular weight is 419 g/mol. The highest BCUT2D eigenvalue weighted by Crippen LogP contribution is 2.32. The summed E-state index contributed by atoms with van der Waals surface area (Å²) in [7, 11) is 0. The molecule has 5 aromatic rings. The van der Waals surface area contributed by atoms with Gasteiger partial charge in [-0.3, -0.25) is 4.79 Å². The second kappa shape index (κ2) is 7.68. The molecular weight excluding hydrogens is 400 g/mol. The Bertz CT molecular complexity index is 1350. The minimum atomic E-state index is -0.207. The molecule has 0 amide bonds. The van der Waals surface area contributed by atoms with Gasteiger partial charge in [0, 0.05) is 35.9 Å². The maximum Gasteiger partial charge on any atom is 0.261 e. The zero-order chi connectivity index (χ0) is 20.5. The van der Waals surface area contributed by atoms with Crippen LogP contribution in [0, 0.1) is 0 Å². The van der Waals surface area contributed by atoms with Gasteiger partial charge in [-0.05, 0) is 36.8 Å². The predicted molar refractivity (Wildman–Crippen MR) is 120 cm³/mol.